The van der Waals surface area contributed by atoms with E-state index < -0.39 is 0 Å². The molecule has 0 atom stereocenters. The Morgan fingerprint density at radius 3 is 2.94 bits per heavy atom. The largest absolute Gasteiger partial charge is 0.342 e. The molecule has 0 aliphatic heterocycles. The zero-order valence-corrected chi connectivity index (χ0v) is 11.1. The summed E-state index contributed by atoms with van der Waals surface area (Å²) in [5.74, 6) is 0.762. The second-order valence-corrected chi connectivity index (χ2v) is 4.46. The summed E-state index contributed by atoms with van der Waals surface area (Å²) in [6.45, 7) is 2.07. The van der Waals surface area contributed by atoms with E-state index in [0.29, 0.717) is 4.64 Å². The monoisotopic (exact) mass is 295 g/mol. The van der Waals surface area contributed by atoms with Crippen LogP contribution in [0.1, 0.15) is 12.6 Å². The summed E-state index contributed by atoms with van der Waals surface area (Å²) >= 11 is 8.63. The minimum atomic E-state index is 0.578. The number of hydrogen-bond acceptors (Lipinski definition) is 3. The maximum Gasteiger partial charge on any atom is 0.144 e. The predicted octanol–water partition coefficient (Wildman–Crippen LogP) is 3.53. The molecule has 0 saturated heterocycles. The number of halogens is 1. The highest BCUT2D eigenvalue weighted by atomic mass is 79.9. The van der Waals surface area contributed by atoms with Gasteiger partial charge in [-0.25, -0.2) is 4.98 Å². The Morgan fingerprint density at radius 2 is 2.31 bits per heavy atom. The van der Waals surface area contributed by atoms with Crippen LogP contribution in [0, 0.1) is 4.64 Å². The second kappa shape index (κ2) is 4.84. The summed E-state index contributed by atoms with van der Waals surface area (Å²) in [6.07, 6.45) is 4.37. The number of nitrogens with zero attached hydrogens (tertiary/aromatic N) is 2. The Morgan fingerprint density at radius 1 is 1.50 bits per heavy atom. The van der Waals surface area contributed by atoms with Crippen LogP contribution >= 0.6 is 28.1 Å². The quantitative estimate of drug-likeness (QED) is 0.862. The summed E-state index contributed by atoms with van der Waals surface area (Å²) in [5.41, 5.74) is 2.00. The van der Waals surface area contributed by atoms with Crippen LogP contribution in [0.2, 0.25) is 0 Å². The van der Waals surface area contributed by atoms with Crippen LogP contribution in [0.4, 0.5) is 0 Å². The van der Waals surface area contributed by atoms with Crippen molar-refractivity contribution in [2.75, 3.05) is 0 Å². The Kier molecular flexibility index (Phi) is 3.46. The molecule has 0 unspecified atom stereocenters. The topological polar surface area (TPSA) is 41.6 Å². The highest BCUT2D eigenvalue weighted by molar-refractivity contribution is 9.10. The van der Waals surface area contributed by atoms with Crippen molar-refractivity contribution in [3.05, 3.63) is 39.3 Å². The van der Waals surface area contributed by atoms with Gasteiger partial charge in [0.15, 0.2) is 0 Å². The maximum absolute atomic E-state index is 5.20. The summed E-state index contributed by atoms with van der Waals surface area (Å²) in [6, 6.07) is 3.83. The third kappa shape index (κ3) is 2.20. The number of pyridine rings is 1. The molecular formula is C11H10BrN3S. The number of H-pyrrole nitrogens is 1. The maximum atomic E-state index is 5.20. The van der Waals surface area contributed by atoms with Crippen LogP contribution in [0.15, 0.2) is 29.0 Å². The van der Waals surface area contributed by atoms with E-state index in [1.807, 2.05) is 12.1 Å². The highest BCUT2D eigenvalue weighted by Crippen LogP contribution is 2.20. The van der Waals surface area contributed by atoms with E-state index in [1.54, 1.807) is 12.4 Å². The fourth-order valence-electron chi connectivity index (χ4n) is 1.39. The van der Waals surface area contributed by atoms with E-state index in [1.165, 1.54) is 0 Å². The van der Waals surface area contributed by atoms with Gasteiger partial charge in [-0.2, -0.15) is 0 Å². The summed E-state index contributed by atoms with van der Waals surface area (Å²) in [4.78, 5) is 11.6. The van der Waals surface area contributed by atoms with Gasteiger partial charge in [-0.1, -0.05) is 19.1 Å². The normalized spacial score (nSPS) is 10.4. The van der Waals surface area contributed by atoms with Crippen molar-refractivity contribution < 1.29 is 0 Å². The van der Waals surface area contributed by atoms with Crippen molar-refractivity contribution in [1.82, 2.24) is 15.0 Å². The van der Waals surface area contributed by atoms with Crippen LogP contribution < -0.4 is 0 Å². The van der Waals surface area contributed by atoms with Crippen molar-refractivity contribution in [2.24, 2.45) is 0 Å². The summed E-state index contributed by atoms with van der Waals surface area (Å²) in [5, 5.41) is 0. The molecule has 0 spiro atoms. The van der Waals surface area contributed by atoms with E-state index in [-0.39, 0.29) is 0 Å². The first-order valence-electron chi connectivity index (χ1n) is 4.91. The fraction of sp³-hybridized carbons (Fsp3) is 0.182. The molecule has 82 valence electrons. The number of rotatable bonds is 2. The minimum absolute atomic E-state index is 0.578. The van der Waals surface area contributed by atoms with E-state index in [0.717, 1.165) is 28.0 Å². The molecule has 0 amide bonds. The Hall–Kier alpha value is -1.07. The number of nitrogens with one attached hydrogen (secondary N) is 1. The third-order valence-electron chi connectivity index (χ3n) is 2.22. The number of aromatic nitrogens is 3. The standard InChI is InChI=1S/C11H10BrN3S/c1-2-8-9(12)11(16)15-10(14-8)7-4-3-5-13-6-7/h3-6H,2H2,1H3,(H,14,15,16). The first-order valence-corrected chi connectivity index (χ1v) is 6.11. The number of aryl methyl sites for hydroxylation is 1. The van der Waals surface area contributed by atoms with Gasteiger partial charge in [-0.15, -0.1) is 0 Å². The smallest absolute Gasteiger partial charge is 0.144 e. The number of aromatic amines is 1. The zero-order valence-electron chi connectivity index (χ0n) is 8.70. The average Bonchev–Trinajstić information content (AvgIpc) is 2.33. The molecule has 0 aliphatic rings. The lowest BCUT2D eigenvalue weighted by atomic mass is 10.2. The molecule has 0 fully saturated rings. The average molecular weight is 296 g/mol. The summed E-state index contributed by atoms with van der Waals surface area (Å²) in [7, 11) is 0. The molecule has 16 heavy (non-hydrogen) atoms. The van der Waals surface area contributed by atoms with Gasteiger partial charge in [-0.05, 0) is 34.5 Å². The lowest BCUT2D eigenvalue weighted by molar-refractivity contribution is 0.982. The van der Waals surface area contributed by atoms with Gasteiger partial charge < -0.3 is 4.98 Å². The minimum Gasteiger partial charge on any atom is -0.342 e. The molecule has 2 aromatic rings. The first kappa shape index (κ1) is 11.4. The van der Waals surface area contributed by atoms with Crippen molar-refractivity contribution in [2.45, 2.75) is 13.3 Å². The second-order valence-electron chi connectivity index (χ2n) is 3.28. The molecule has 0 aromatic carbocycles. The molecule has 0 aliphatic carbocycles. The van der Waals surface area contributed by atoms with Crippen molar-refractivity contribution in [3.8, 4) is 11.4 Å². The van der Waals surface area contributed by atoms with Crippen LogP contribution in [0.3, 0.4) is 0 Å². The molecule has 0 radical (unpaired) electrons. The lowest BCUT2D eigenvalue weighted by Gasteiger charge is -2.06. The van der Waals surface area contributed by atoms with Crippen molar-refractivity contribution in [1.29, 1.82) is 0 Å². The van der Waals surface area contributed by atoms with Crippen LogP contribution in [-0.2, 0) is 6.42 Å². The van der Waals surface area contributed by atoms with Crippen LogP contribution in [-0.4, -0.2) is 15.0 Å². The molecule has 2 aromatic heterocycles. The molecule has 5 heteroatoms. The van der Waals surface area contributed by atoms with Gasteiger partial charge >= 0.3 is 0 Å². The SMILES string of the molecule is CCc1[nH]c(-c2cccnc2)nc(=S)c1Br. The number of hydrogen-bond donors (Lipinski definition) is 1. The lowest BCUT2D eigenvalue weighted by Crippen LogP contribution is -1.97. The molecule has 3 nitrogen and oxygen atoms in total. The van der Waals surface area contributed by atoms with E-state index in [2.05, 4.69) is 37.8 Å². The van der Waals surface area contributed by atoms with Gasteiger partial charge in [0.2, 0.25) is 0 Å². The van der Waals surface area contributed by atoms with Crippen LogP contribution in [0.5, 0.6) is 0 Å². The molecule has 2 rings (SSSR count). The van der Waals surface area contributed by atoms with Crippen LogP contribution in [0.25, 0.3) is 11.4 Å². The van der Waals surface area contributed by atoms with E-state index in [4.69, 9.17) is 12.2 Å². The van der Waals surface area contributed by atoms with Crippen molar-refractivity contribution in [3.63, 3.8) is 0 Å². The molecular weight excluding hydrogens is 286 g/mol. The molecule has 2 heterocycles. The van der Waals surface area contributed by atoms with Crippen molar-refractivity contribution >= 4 is 28.1 Å². The fourth-order valence-corrected chi connectivity index (χ4v) is 2.07. The summed E-state index contributed by atoms with van der Waals surface area (Å²) < 4.78 is 1.45. The van der Waals surface area contributed by atoms with Gasteiger partial charge in [0.05, 0.1) is 4.47 Å². The molecule has 1 N–H and O–H groups in total. The Balaban J connectivity index is 2.60. The Bertz CT molecular complexity index is 551. The van der Waals surface area contributed by atoms with E-state index in [9.17, 15) is 0 Å². The highest BCUT2D eigenvalue weighted by Gasteiger charge is 2.06. The molecule has 0 bridgehead atoms. The predicted molar refractivity (Wildman–Crippen MR) is 69.7 cm³/mol. The first-order chi connectivity index (χ1) is 7.72. The van der Waals surface area contributed by atoms with Gasteiger partial charge in [0.1, 0.15) is 10.5 Å². The molecule has 0 saturated carbocycles. The van der Waals surface area contributed by atoms with E-state index >= 15 is 0 Å². The Labute approximate surface area is 107 Å². The van der Waals surface area contributed by atoms with Gasteiger partial charge in [0.25, 0.3) is 0 Å². The zero-order chi connectivity index (χ0) is 11.5. The van der Waals surface area contributed by atoms with Gasteiger partial charge in [-0.3, -0.25) is 4.98 Å². The van der Waals surface area contributed by atoms with Gasteiger partial charge in [0, 0.05) is 23.7 Å². The third-order valence-corrected chi connectivity index (χ3v) is 3.64.